The monoisotopic (exact) mass is 340 g/mol. The summed E-state index contributed by atoms with van der Waals surface area (Å²) < 4.78 is 0. The maximum absolute atomic E-state index is 4.92. The van der Waals surface area contributed by atoms with Gasteiger partial charge in [0.25, 0.3) is 0 Å². The van der Waals surface area contributed by atoms with Crippen molar-refractivity contribution in [3.05, 3.63) is 0 Å². The van der Waals surface area contributed by atoms with E-state index in [-0.39, 0.29) is 5.54 Å². The van der Waals surface area contributed by atoms with Crippen LogP contribution in [0.1, 0.15) is 59.3 Å². The second kappa shape index (κ2) is 9.16. The van der Waals surface area contributed by atoms with Crippen LogP contribution in [0, 0.1) is 0 Å². The summed E-state index contributed by atoms with van der Waals surface area (Å²) in [6.45, 7) is 11.1. The summed E-state index contributed by atoms with van der Waals surface area (Å²) in [5.41, 5.74) is 0.153. The Bertz CT molecular complexity index is 377. The van der Waals surface area contributed by atoms with Crippen molar-refractivity contribution in [3.63, 3.8) is 0 Å². The van der Waals surface area contributed by atoms with Gasteiger partial charge >= 0.3 is 0 Å². The number of rotatable bonds is 6. The molecule has 5 heteroatoms. The van der Waals surface area contributed by atoms with E-state index in [9.17, 15) is 0 Å². The van der Waals surface area contributed by atoms with Gasteiger partial charge in [-0.25, -0.2) is 0 Å². The lowest BCUT2D eigenvalue weighted by Gasteiger charge is -2.40. The van der Waals surface area contributed by atoms with Crippen molar-refractivity contribution in [3.8, 4) is 0 Å². The van der Waals surface area contributed by atoms with E-state index in [1.54, 1.807) is 0 Å². The summed E-state index contributed by atoms with van der Waals surface area (Å²) in [5.74, 6) is 1.00. The minimum atomic E-state index is 0.153. The number of hydrogen-bond acceptors (Lipinski definition) is 3. The first kappa shape index (κ1) is 18.9. The summed E-state index contributed by atoms with van der Waals surface area (Å²) in [6.07, 6.45) is 10.2. The Labute approximate surface area is 147 Å². The van der Waals surface area contributed by atoms with Crippen molar-refractivity contribution in [2.75, 3.05) is 32.4 Å². The maximum Gasteiger partial charge on any atom is 0.191 e. The van der Waals surface area contributed by atoms with Gasteiger partial charge in [0.05, 0.1) is 6.54 Å². The largest absolute Gasteiger partial charge is 0.357 e. The molecule has 0 bridgehead atoms. The second-order valence-electron chi connectivity index (χ2n) is 7.57. The zero-order chi connectivity index (χ0) is 16.7. The summed E-state index contributed by atoms with van der Waals surface area (Å²) in [5, 5.41) is 7.91. The Morgan fingerprint density at radius 2 is 1.96 bits per heavy atom. The summed E-state index contributed by atoms with van der Waals surface area (Å²) in [4.78, 5) is 7.53. The average Bonchev–Trinajstić information content (AvgIpc) is 3.01. The minimum absolute atomic E-state index is 0.153. The maximum atomic E-state index is 4.92. The molecule has 134 valence electrons. The predicted octanol–water partition coefficient (Wildman–Crippen LogP) is 3.09. The van der Waals surface area contributed by atoms with Crippen molar-refractivity contribution in [2.24, 2.45) is 4.99 Å². The molecular weight excluding hydrogens is 304 g/mol. The third-order valence-electron chi connectivity index (χ3n) is 5.24. The van der Waals surface area contributed by atoms with E-state index in [1.165, 1.54) is 51.6 Å². The summed E-state index contributed by atoms with van der Waals surface area (Å²) >= 11 is 2.01. The predicted molar refractivity (Wildman–Crippen MR) is 104 cm³/mol. The van der Waals surface area contributed by atoms with Crippen LogP contribution in [-0.4, -0.2) is 60.1 Å². The molecule has 1 heterocycles. The fourth-order valence-corrected chi connectivity index (χ4v) is 4.47. The Hall–Kier alpha value is -0.420. The SMILES string of the molecule is CCNC(=NCC(C)(C)N1CCCCC1)NC1CCC(SC)C1. The normalized spacial score (nSPS) is 27.2. The Kier molecular flexibility index (Phi) is 7.54. The van der Waals surface area contributed by atoms with Crippen LogP contribution in [0.3, 0.4) is 0 Å². The molecule has 1 saturated carbocycles. The molecule has 2 fully saturated rings. The minimum Gasteiger partial charge on any atom is -0.357 e. The van der Waals surface area contributed by atoms with E-state index in [1.807, 2.05) is 11.8 Å². The summed E-state index contributed by atoms with van der Waals surface area (Å²) in [7, 11) is 0. The first-order valence-electron chi connectivity index (χ1n) is 9.38. The van der Waals surface area contributed by atoms with Gasteiger partial charge in [0.1, 0.15) is 0 Å². The fraction of sp³-hybridized carbons (Fsp3) is 0.944. The Morgan fingerprint density at radius 3 is 2.57 bits per heavy atom. The molecule has 0 amide bonds. The van der Waals surface area contributed by atoms with Crippen LogP contribution in [0.5, 0.6) is 0 Å². The van der Waals surface area contributed by atoms with Gasteiger partial charge < -0.3 is 10.6 Å². The Morgan fingerprint density at radius 1 is 1.22 bits per heavy atom. The van der Waals surface area contributed by atoms with Gasteiger partial charge in [-0.05, 0) is 72.2 Å². The summed E-state index contributed by atoms with van der Waals surface area (Å²) in [6, 6.07) is 0.586. The van der Waals surface area contributed by atoms with Crippen LogP contribution in [0.4, 0.5) is 0 Å². The van der Waals surface area contributed by atoms with Crippen LogP contribution < -0.4 is 10.6 Å². The molecule has 0 radical (unpaired) electrons. The highest BCUT2D eigenvalue weighted by Gasteiger charge is 2.28. The van der Waals surface area contributed by atoms with Crippen LogP contribution in [0.25, 0.3) is 0 Å². The molecule has 1 aliphatic carbocycles. The highest BCUT2D eigenvalue weighted by atomic mass is 32.2. The first-order valence-corrected chi connectivity index (χ1v) is 10.7. The third-order valence-corrected chi connectivity index (χ3v) is 6.33. The lowest BCUT2D eigenvalue weighted by molar-refractivity contribution is 0.102. The van der Waals surface area contributed by atoms with Crippen molar-refractivity contribution in [2.45, 2.75) is 76.1 Å². The molecule has 2 aliphatic rings. The van der Waals surface area contributed by atoms with Crippen LogP contribution in [-0.2, 0) is 0 Å². The lowest BCUT2D eigenvalue weighted by Crippen LogP contribution is -2.50. The molecule has 0 spiro atoms. The number of aliphatic imine (C=N–C) groups is 1. The zero-order valence-electron chi connectivity index (χ0n) is 15.5. The standard InChI is InChI=1S/C18H36N4S/c1-5-19-17(21-15-9-10-16(13-15)23-4)20-14-18(2,3)22-11-7-6-8-12-22/h15-16H,5-14H2,1-4H3,(H2,19,20,21). The molecule has 2 N–H and O–H groups in total. The molecule has 2 unspecified atom stereocenters. The molecule has 2 atom stereocenters. The van der Waals surface area contributed by atoms with E-state index in [0.717, 1.165) is 24.3 Å². The quantitative estimate of drug-likeness (QED) is 0.576. The van der Waals surface area contributed by atoms with Crippen molar-refractivity contribution >= 4 is 17.7 Å². The van der Waals surface area contributed by atoms with Crippen molar-refractivity contribution in [1.82, 2.24) is 15.5 Å². The third kappa shape index (κ3) is 5.86. The second-order valence-corrected chi connectivity index (χ2v) is 8.71. The number of guanidine groups is 1. The highest BCUT2D eigenvalue weighted by Crippen LogP contribution is 2.28. The van der Waals surface area contributed by atoms with Gasteiger partial charge in [0, 0.05) is 23.4 Å². The molecule has 23 heavy (non-hydrogen) atoms. The van der Waals surface area contributed by atoms with E-state index < -0.39 is 0 Å². The molecule has 1 saturated heterocycles. The molecule has 4 nitrogen and oxygen atoms in total. The van der Waals surface area contributed by atoms with Gasteiger partial charge in [-0.1, -0.05) is 6.42 Å². The van der Waals surface area contributed by atoms with E-state index in [4.69, 9.17) is 4.99 Å². The lowest BCUT2D eigenvalue weighted by atomic mass is 9.99. The van der Waals surface area contributed by atoms with E-state index in [0.29, 0.717) is 6.04 Å². The molecular formula is C18H36N4S. The van der Waals surface area contributed by atoms with E-state index >= 15 is 0 Å². The van der Waals surface area contributed by atoms with E-state index in [2.05, 4.69) is 42.6 Å². The number of thioether (sulfide) groups is 1. The topological polar surface area (TPSA) is 39.7 Å². The van der Waals surface area contributed by atoms with Crippen molar-refractivity contribution in [1.29, 1.82) is 0 Å². The highest BCUT2D eigenvalue weighted by molar-refractivity contribution is 7.99. The van der Waals surface area contributed by atoms with Gasteiger partial charge in [-0.2, -0.15) is 11.8 Å². The zero-order valence-corrected chi connectivity index (χ0v) is 16.3. The molecule has 2 rings (SSSR count). The average molecular weight is 341 g/mol. The first-order chi connectivity index (χ1) is 11.0. The Balaban J connectivity index is 1.89. The number of nitrogens with zero attached hydrogens (tertiary/aromatic N) is 2. The molecule has 1 aliphatic heterocycles. The van der Waals surface area contributed by atoms with Gasteiger partial charge in [0.2, 0.25) is 0 Å². The number of nitrogens with one attached hydrogen (secondary N) is 2. The van der Waals surface area contributed by atoms with Gasteiger partial charge in [0.15, 0.2) is 5.96 Å². The van der Waals surface area contributed by atoms with Crippen molar-refractivity contribution < 1.29 is 0 Å². The van der Waals surface area contributed by atoms with Crippen LogP contribution in [0.15, 0.2) is 4.99 Å². The fourth-order valence-electron chi connectivity index (χ4n) is 3.67. The number of piperidine rings is 1. The van der Waals surface area contributed by atoms with Gasteiger partial charge in [-0.3, -0.25) is 9.89 Å². The number of likely N-dealkylation sites (tertiary alicyclic amines) is 1. The molecule has 0 aromatic heterocycles. The molecule has 0 aromatic rings. The van der Waals surface area contributed by atoms with Gasteiger partial charge in [-0.15, -0.1) is 0 Å². The van der Waals surface area contributed by atoms with Crippen LogP contribution >= 0.6 is 11.8 Å². The van der Waals surface area contributed by atoms with Crippen LogP contribution in [0.2, 0.25) is 0 Å². The number of hydrogen-bond donors (Lipinski definition) is 2. The molecule has 0 aromatic carbocycles. The smallest absolute Gasteiger partial charge is 0.191 e.